The minimum absolute atomic E-state index is 0.0464. The lowest BCUT2D eigenvalue weighted by molar-refractivity contribution is -0.148. The molecule has 3 amide bonds. The van der Waals surface area contributed by atoms with Crippen LogP contribution in [0.5, 0.6) is 0 Å². The number of ether oxygens (including phenoxy) is 1. The smallest absolute Gasteiger partial charge is 0.306 e. The highest BCUT2D eigenvalue weighted by Crippen LogP contribution is 2.20. The molecule has 0 unspecified atom stereocenters. The van der Waals surface area contributed by atoms with Gasteiger partial charge < -0.3 is 10.1 Å². The van der Waals surface area contributed by atoms with Gasteiger partial charge in [0.1, 0.15) is 0 Å². The van der Waals surface area contributed by atoms with Crippen LogP contribution in [-0.4, -0.2) is 30.3 Å². The van der Waals surface area contributed by atoms with Crippen LogP contribution < -0.4 is 16.2 Å². The monoisotopic (exact) mass is 451 g/mol. The van der Waals surface area contributed by atoms with Crippen LogP contribution in [0.25, 0.3) is 0 Å². The first-order chi connectivity index (χ1) is 14.4. The Labute approximate surface area is 182 Å². The van der Waals surface area contributed by atoms with Crippen molar-refractivity contribution in [1.29, 1.82) is 0 Å². The molecule has 3 N–H and O–H groups in total. The average molecular weight is 452 g/mol. The van der Waals surface area contributed by atoms with E-state index in [0.717, 1.165) is 0 Å². The third kappa shape index (κ3) is 7.73. The van der Waals surface area contributed by atoms with Crippen LogP contribution in [0.1, 0.15) is 29.6 Å². The summed E-state index contributed by atoms with van der Waals surface area (Å²) in [6.07, 6.45) is 0.273. The molecule has 0 bridgehead atoms. The number of anilines is 1. The first-order valence-electron chi connectivity index (χ1n) is 8.90. The summed E-state index contributed by atoms with van der Waals surface area (Å²) in [6.45, 7) is -0.576. The van der Waals surface area contributed by atoms with Crippen LogP contribution in [0, 0.1) is 0 Å². The number of halogens is 2. The topological polar surface area (TPSA) is 114 Å². The van der Waals surface area contributed by atoms with Gasteiger partial charge in [0.25, 0.3) is 11.8 Å². The molecule has 0 aliphatic carbocycles. The van der Waals surface area contributed by atoms with Gasteiger partial charge in [-0.15, -0.1) is 0 Å². The van der Waals surface area contributed by atoms with Gasteiger partial charge in [0.05, 0.1) is 21.3 Å². The molecule has 0 radical (unpaired) electrons. The van der Waals surface area contributed by atoms with Gasteiger partial charge in [-0.1, -0.05) is 47.5 Å². The highest BCUT2D eigenvalue weighted by Gasteiger charge is 2.13. The molecule has 0 aliphatic heterocycles. The number of hydrazine groups is 1. The van der Waals surface area contributed by atoms with Gasteiger partial charge >= 0.3 is 5.97 Å². The Hall–Kier alpha value is -3.10. The van der Waals surface area contributed by atoms with Crippen LogP contribution in [0.15, 0.2) is 48.5 Å². The Morgan fingerprint density at radius 3 is 2.17 bits per heavy atom. The summed E-state index contributed by atoms with van der Waals surface area (Å²) in [6, 6.07) is 13.1. The van der Waals surface area contributed by atoms with E-state index in [1.807, 2.05) is 0 Å². The van der Waals surface area contributed by atoms with E-state index in [1.54, 1.807) is 36.4 Å². The molecule has 0 fully saturated rings. The fraction of sp³-hybridized carbons (Fsp3) is 0.200. The molecule has 0 spiro atoms. The molecular formula is C20H19Cl2N3O5. The second kappa shape index (κ2) is 11.8. The van der Waals surface area contributed by atoms with Gasteiger partial charge in [-0.25, -0.2) is 0 Å². The quantitative estimate of drug-likeness (QED) is 0.421. The molecule has 0 aliphatic rings. The Bertz CT molecular complexity index is 936. The number of esters is 1. The summed E-state index contributed by atoms with van der Waals surface area (Å²) in [5.74, 6) is -2.27. The normalized spacial score (nSPS) is 10.1. The number of benzene rings is 2. The van der Waals surface area contributed by atoms with Crippen LogP contribution >= 0.6 is 23.2 Å². The third-order valence-electron chi connectivity index (χ3n) is 3.73. The maximum absolute atomic E-state index is 11.9. The van der Waals surface area contributed by atoms with Crippen molar-refractivity contribution in [2.24, 2.45) is 0 Å². The Morgan fingerprint density at radius 2 is 1.47 bits per heavy atom. The number of para-hydroxylation sites is 1. The predicted molar refractivity (Wildman–Crippen MR) is 112 cm³/mol. The highest BCUT2D eigenvalue weighted by molar-refractivity contribution is 6.34. The summed E-state index contributed by atoms with van der Waals surface area (Å²) in [5, 5.41) is 3.29. The minimum atomic E-state index is -0.722. The van der Waals surface area contributed by atoms with Crippen molar-refractivity contribution >= 4 is 52.6 Å². The molecule has 0 heterocycles. The summed E-state index contributed by atoms with van der Waals surface area (Å²) < 4.78 is 4.80. The summed E-state index contributed by atoms with van der Waals surface area (Å²) >= 11 is 11.8. The van der Waals surface area contributed by atoms with E-state index in [0.29, 0.717) is 10.7 Å². The first kappa shape index (κ1) is 23.2. The molecule has 30 heavy (non-hydrogen) atoms. The highest BCUT2D eigenvalue weighted by atomic mass is 35.5. The maximum Gasteiger partial charge on any atom is 0.306 e. The first-order valence-corrected chi connectivity index (χ1v) is 9.66. The molecule has 0 saturated carbocycles. The number of hydrogen-bond donors (Lipinski definition) is 3. The van der Waals surface area contributed by atoms with Crippen LogP contribution in [-0.2, 0) is 19.1 Å². The second-order valence-corrected chi connectivity index (χ2v) is 6.84. The zero-order valence-electron chi connectivity index (χ0n) is 15.7. The van der Waals surface area contributed by atoms with Crippen molar-refractivity contribution in [3.8, 4) is 0 Å². The van der Waals surface area contributed by atoms with Crippen molar-refractivity contribution in [2.75, 3.05) is 11.9 Å². The van der Waals surface area contributed by atoms with Crippen molar-refractivity contribution in [1.82, 2.24) is 10.9 Å². The van der Waals surface area contributed by atoms with E-state index in [4.69, 9.17) is 27.9 Å². The molecule has 0 atom stereocenters. The van der Waals surface area contributed by atoms with E-state index in [9.17, 15) is 19.2 Å². The molecule has 10 heteroatoms. The zero-order chi connectivity index (χ0) is 21.9. The predicted octanol–water partition coefficient (Wildman–Crippen LogP) is 3.11. The molecule has 2 aromatic rings. The molecule has 2 aromatic carbocycles. The van der Waals surface area contributed by atoms with Crippen molar-refractivity contribution in [2.45, 2.75) is 19.3 Å². The Morgan fingerprint density at radius 1 is 0.800 bits per heavy atom. The lowest BCUT2D eigenvalue weighted by Gasteiger charge is -2.09. The van der Waals surface area contributed by atoms with Gasteiger partial charge in [-0.3, -0.25) is 30.0 Å². The molecule has 158 valence electrons. The SMILES string of the molecule is O=C(COC(=O)CCCC(=O)Nc1ccccc1Cl)NNC(=O)c1ccccc1Cl. The number of carbonyl (C=O) groups is 4. The van der Waals surface area contributed by atoms with Gasteiger partial charge in [-0.2, -0.15) is 0 Å². The maximum atomic E-state index is 11.9. The van der Waals surface area contributed by atoms with Gasteiger partial charge in [-0.05, 0) is 30.7 Å². The van der Waals surface area contributed by atoms with Crippen molar-refractivity contribution in [3.05, 3.63) is 64.1 Å². The standard InChI is InChI=1S/C20H19Cl2N3O5/c21-14-7-2-1-6-13(14)20(29)25-24-18(27)12-30-19(28)11-5-10-17(26)23-16-9-4-3-8-15(16)22/h1-4,6-9H,5,10-12H2,(H,23,26)(H,24,27)(H,25,29). The van der Waals surface area contributed by atoms with Crippen molar-refractivity contribution in [3.63, 3.8) is 0 Å². The largest absolute Gasteiger partial charge is 0.455 e. The molecule has 2 rings (SSSR count). The number of nitrogens with one attached hydrogen (secondary N) is 3. The van der Waals surface area contributed by atoms with Crippen LogP contribution in [0.4, 0.5) is 5.69 Å². The van der Waals surface area contributed by atoms with E-state index < -0.39 is 24.4 Å². The fourth-order valence-electron chi connectivity index (χ4n) is 2.26. The van der Waals surface area contributed by atoms with Crippen LogP contribution in [0.3, 0.4) is 0 Å². The Balaban J connectivity index is 1.61. The molecule has 8 nitrogen and oxygen atoms in total. The van der Waals surface area contributed by atoms with E-state index in [-0.39, 0.29) is 35.8 Å². The summed E-state index contributed by atoms with van der Waals surface area (Å²) in [5.41, 5.74) is 4.97. The van der Waals surface area contributed by atoms with Gasteiger partial charge in [0.2, 0.25) is 5.91 Å². The van der Waals surface area contributed by atoms with Crippen LogP contribution in [0.2, 0.25) is 10.0 Å². The minimum Gasteiger partial charge on any atom is -0.455 e. The van der Waals surface area contributed by atoms with E-state index in [1.165, 1.54) is 12.1 Å². The van der Waals surface area contributed by atoms with Crippen molar-refractivity contribution < 1.29 is 23.9 Å². The average Bonchev–Trinajstić information content (AvgIpc) is 2.72. The molecule has 0 saturated heterocycles. The van der Waals surface area contributed by atoms with E-state index >= 15 is 0 Å². The molecule has 0 aromatic heterocycles. The molecular weight excluding hydrogens is 433 g/mol. The second-order valence-electron chi connectivity index (χ2n) is 6.02. The lowest BCUT2D eigenvalue weighted by Crippen LogP contribution is -2.43. The van der Waals surface area contributed by atoms with Gasteiger partial charge in [0.15, 0.2) is 6.61 Å². The summed E-state index contributed by atoms with van der Waals surface area (Å²) in [4.78, 5) is 47.1. The number of carbonyl (C=O) groups excluding carboxylic acids is 4. The number of amides is 3. The van der Waals surface area contributed by atoms with Gasteiger partial charge in [0, 0.05) is 12.8 Å². The number of hydrogen-bond acceptors (Lipinski definition) is 5. The summed E-state index contributed by atoms with van der Waals surface area (Å²) in [7, 11) is 0. The number of rotatable bonds is 8. The Kier molecular flexibility index (Phi) is 9.11. The lowest BCUT2D eigenvalue weighted by atomic mass is 10.2. The van der Waals surface area contributed by atoms with E-state index in [2.05, 4.69) is 16.2 Å². The third-order valence-corrected chi connectivity index (χ3v) is 4.39. The fourth-order valence-corrected chi connectivity index (χ4v) is 2.67. The zero-order valence-corrected chi connectivity index (χ0v) is 17.3.